The van der Waals surface area contributed by atoms with Crippen molar-refractivity contribution in [1.29, 1.82) is 0 Å². The van der Waals surface area contributed by atoms with Crippen LogP contribution in [-0.2, 0) is 18.6 Å². The van der Waals surface area contributed by atoms with Crippen molar-refractivity contribution >= 4 is 39.1 Å². The SMILES string of the molecule is CCOc1ccccc1-c1noc(CSc2nc(N)c3c4c(sc3n2)CCCC4)n1. The molecule has 0 spiro atoms. The van der Waals surface area contributed by atoms with Crippen molar-refractivity contribution in [1.82, 2.24) is 20.1 Å². The molecule has 154 valence electrons. The molecule has 4 aromatic rings. The second-order valence-electron chi connectivity index (χ2n) is 7.01. The molecule has 3 aromatic heterocycles. The van der Waals surface area contributed by atoms with Gasteiger partial charge in [0, 0.05) is 4.88 Å². The van der Waals surface area contributed by atoms with Gasteiger partial charge in [-0.15, -0.1) is 11.3 Å². The molecular formula is C21H21N5O2S2. The van der Waals surface area contributed by atoms with Crippen molar-refractivity contribution < 1.29 is 9.26 Å². The van der Waals surface area contributed by atoms with E-state index in [1.54, 1.807) is 11.3 Å². The molecule has 7 nitrogen and oxygen atoms in total. The summed E-state index contributed by atoms with van der Waals surface area (Å²) in [6, 6.07) is 7.67. The van der Waals surface area contributed by atoms with Crippen LogP contribution in [0, 0.1) is 0 Å². The number of hydrogen-bond donors (Lipinski definition) is 1. The lowest BCUT2D eigenvalue weighted by Crippen LogP contribution is -2.01. The fraction of sp³-hybridized carbons (Fsp3) is 0.333. The number of nitrogens with zero attached hydrogens (tertiary/aromatic N) is 4. The van der Waals surface area contributed by atoms with Gasteiger partial charge in [-0.25, -0.2) is 9.97 Å². The van der Waals surface area contributed by atoms with Crippen LogP contribution in [0.4, 0.5) is 5.82 Å². The highest BCUT2D eigenvalue weighted by Gasteiger charge is 2.20. The Morgan fingerprint density at radius 1 is 1.17 bits per heavy atom. The van der Waals surface area contributed by atoms with Crippen molar-refractivity contribution in [2.75, 3.05) is 12.3 Å². The number of benzene rings is 1. The molecule has 0 unspecified atom stereocenters. The van der Waals surface area contributed by atoms with E-state index in [0.717, 1.165) is 34.4 Å². The molecule has 2 N–H and O–H groups in total. The number of thiophene rings is 1. The molecule has 30 heavy (non-hydrogen) atoms. The zero-order valence-corrected chi connectivity index (χ0v) is 18.2. The Hall–Kier alpha value is -2.65. The number of anilines is 1. The van der Waals surface area contributed by atoms with E-state index < -0.39 is 0 Å². The van der Waals surface area contributed by atoms with Crippen LogP contribution in [0.2, 0.25) is 0 Å². The van der Waals surface area contributed by atoms with Gasteiger partial charge in [0.1, 0.15) is 16.4 Å². The van der Waals surface area contributed by atoms with Gasteiger partial charge in [0.2, 0.25) is 11.7 Å². The Morgan fingerprint density at radius 2 is 2.03 bits per heavy atom. The summed E-state index contributed by atoms with van der Waals surface area (Å²) in [7, 11) is 0. The molecule has 1 aromatic carbocycles. The van der Waals surface area contributed by atoms with Crippen LogP contribution in [-0.4, -0.2) is 26.7 Å². The van der Waals surface area contributed by atoms with Gasteiger partial charge in [-0.1, -0.05) is 29.1 Å². The third-order valence-corrected chi connectivity index (χ3v) is 7.06. The van der Waals surface area contributed by atoms with Crippen LogP contribution in [0.25, 0.3) is 21.6 Å². The molecule has 0 aliphatic heterocycles. The van der Waals surface area contributed by atoms with E-state index in [4.69, 9.17) is 20.0 Å². The molecule has 0 bridgehead atoms. The van der Waals surface area contributed by atoms with Crippen molar-refractivity contribution in [2.45, 2.75) is 43.5 Å². The molecular weight excluding hydrogens is 418 g/mol. The summed E-state index contributed by atoms with van der Waals surface area (Å²) in [6.07, 6.45) is 4.64. The van der Waals surface area contributed by atoms with Crippen molar-refractivity contribution in [3.8, 4) is 17.1 Å². The monoisotopic (exact) mass is 439 g/mol. The van der Waals surface area contributed by atoms with Gasteiger partial charge in [0.25, 0.3) is 0 Å². The third kappa shape index (κ3) is 3.63. The fourth-order valence-electron chi connectivity index (χ4n) is 3.71. The maximum absolute atomic E-state index is 6.30. The highest BCUT2D eigenvalue weighted by Crippen LogP contribution is 2.38. The maximum atomic E-state index is 6.30. The molecule has 0 saturated carbocycles. The normalized spacial score (nSPS) is 13.5. The lowest BCUT2D eigenvalue weighted by Gasteiger charge is -2.10. The number of para-hydroxylation sites is 1. The van der Waals surface area contributed by atoms with Crippen LogP contribution < -0.4 is 10.5 Å². The first-order valence-electron chi connectivity index (χ1n) is 9.98. The maximum Gasteiger partial charge on any atom is 0.237 e. The van der Waals surface area contributed by atoms with Gasteiger partial charge >= 0.3 is 0 Å². The third-order valence-electron chi connectivity index (χ3n) is 5.04. The van der Waals surface area contributed by atoms with E-state index in [-0.39, 0.29) is 0 Å². The van der Waals surface area contributed by atoms with Gasteiger partial charge in [0.15, 0.2) is 5.16 Å². The van der Waals surface area contributed by atoms with Crippen LogP contribution in [0.15, 0.2) is 33.9 Å². The summed E-state index contributed by atoms with van der Waals surface area (Å²) in [5.41, 5.74) is 8.46. The lowest BCUT2D eigenvalue weighted by atomic mass is 9.97. The summed E-state index contributed by atoms with van der Waals surface area (Å²) < 4.78 is 11.1. The molecule has 0 atom stereocenters. The second-order valence-corrected chi connectivity index (χ2v) is 9.04. The first-order chi connectivity index (χ1) is 14.7. The van der Waals surface area contributed by atoms with Gasteiger partial charge in [-0.05, 0) is 50.3 Å². The summed E-state index contributed by atoms with van der Waals surface area (Å²) >= 11 is 3.20. The average Bonchev–Trinajstić information content (AvgIpc) is 3.37. The molecule has 0 saturated heterocycles. The van der Waals surface area contributed by atoms with Gasteiger partial charge in [-0.3, -0.25) is 0 Å². The Kier molecular flexibility index (Phi) is 5.30. The van der Waals surface area contributed by atoms with E-state index in [2.05, 4.69) is 15.1 Å². The van der Waals surface area contributed by atoms with Crippen LogP contribution in [0.1, 0.15) is 36.1 Å². The van der Waals surface area contributed by atoms with Crippen molar-refractivity contribution in [2.24, 2.45) is 0 Å². The Bertz CT molecular complexity index is 1200. The molecule has 1 aliphatic rings. The average molecular weight is 440 g/mol. The zero-order chi connectivity index (χ0) is 20.5. The van der Waals surface area contributed by atoms with Crippen LogP contribution in [0.3, 0.4) is 0 Å². The summed E-state index contributed by atoms with van der Waals surface area (Å²) in [4.78, 5) is 16.2. The summed E-state index contributed by atoms with van der Waals surface area (Å²) in [6.45, 7) is 2.52. The quantitative estimate of drug-likeness (QED) is 0.335. The molecule has 1 aliphatic carbocycles. The lowest BCUT2D eigenvalue weighted by molar-refractivity contribution is 0.341. The number of nitrogen functional groups attached to an aromatic ring is 1. The first kappa shape index (κ1) is 19.3. The van der Waals surface area contributed by atoms with Crippen molar-refractivity contribution in [3.63, 3.8) is 0 Å². The number of thioether (sulfide) groups is 1. The van der Waals surface area contributed by atoms with E-state index in [9.17, 15) is 0 Å². The smallest absolute Gasteiger partial charge is 0.237 e. The van der Waals surface area contributed by atoms with Gasteiger partial charge < -0.3 is 15.0 Å². The van der Waals surface area contributed by atoms with Gasteiger partial charge in [0.05, 0.1) is 23.3 Å². The van der Waals surface area contributed by atoms with Crippen LogP contribution >= 0.6 is 23.1 Å². The second kappa shape index (κ2) is 8.23. The molecule has 9 heteroatoms. The first-order valence-corrected chi connectivity index (χ1v) is 11.8. The number of hydrogen-bond acceptors (Lipinski definition) is 9. The summed E-state index contributed by atoms with van der Waals surface area (Å²) in [5.74, 6) is 2.80. The molecule has 0 amide bonds. The number of nitrogens with two attached hydrogens (primary N) is 1. The molecule has 3 heterocycles. The number of rotatable bonds is 6. The minimum atomic E-state index is 0.472. The Morgan fingerprint density at radius 3 is 2.93 bits per heavy atom. The number of aromatic nitrogens is 4. The van der Waals surface area contributed by atoms with Gasteiger partial charge in [-0.2, -0.15) is 4.98 Å². The minimum Gasteiger partial charge on any atom is -0.493 e. The summed E-state index contributed by atoms with van der Waals surface area (Å²) in [5, 5.41) is 5.79. The van der Waals surface area contributed by atoms with E-state index in [1.807, 2.05) is 31.2 Å². The molecule has 5 rings (SSSR count). The molecule has 0 fully saturated rings. The van der Waals surface area contributed by atoms with E-state index in [0.29, 0.717) is 35.0 Å². The van der Waals surface area contributed by atoms with E-state index in [1.165, 1.54) is 35.0 Å². The number of ether oxygens (including phenoxy) is 1. The number of aryl methyl sites for hydroxylation is 2. The van der Waals surface area contributed by atoms with E-state index >= 15 is 0 Å². The highest BCUT2D eigenvalue weighted by molar-refractivity contribution is 7.98. The highest BCUT2D eigenvalue weighted by atomic mass is 32.2. The standard InChI is InChI=1S/C21H21N5O2S2/c1-2-27-14-9-5-3-7-12(14)19-23-16(28-26-19)11-29-21-24-18(22)17-13-8-4-6-10-15(13)30-20(17)25-21/h3,5,7,9H,2,4,6,8,10-11H2,1H3,(H2,22,24,25). The topological polar surface area (TPSA) is 100.0 Å². The fourth-order valence-corrected chi connectivity index (χ4v) is 5.73. The van der Waals surface area contributed by atoms with Crippen molar-refractivity contribution in [3.05, 3.63) is 40.6 Å². The predicted octanol–water partition coefficient (Wildman–Crippen LogP) is 4.89. The number of fused-ring (bicyclic) bond motifs is 3. The Balaban J connectivity index is 1.35. The Labute approximate surface area is 182 Å². The largest absolute Gasteiger partial charge is 0.493 e. The molecule has 0 radical (unpaired) electrons. The predicted molar refractivity (Wildman–Crippen MR) is 119 cm³/mol. The zero-order valence-electron chi connectivity index (χ0n) is 16.6. The van der Waals surface area contributed by atoms with Crippen LogP contribution in [0.5, 0.6) is 5.75 Å². The minimum absolute atomic E-state index is 0.472.